The van der Waals surface area contributed by atoms with Crippen molar-refractivity contribution in [3.8, 4) is 0 Å². The fourth-order valence-electron chi connectivity index (χ4n) is 1.38. The number of carbonyl (C=O) groups is 2. The molecule has 2 rings (SSSR count). The zero-order valence-corrected chi connectivity index (χ0v) is 8.30. The molecule has 1 aromatic heterocycles. The quantitative estimate of drug-likeness (QED) is 0.770. The lowest BCUT2D eigenvalue weighted by atomic mass is 10.1. The van der Waals surface area contributed by atoms with E-state index in [1.165, 1.54) is 0 Å². The first-order chi connectivity index (χ1) is 7.66. The number of hydrogen-bond acceptors (Lipinski definition) is 5. The van der Waals surface area contributed by atoms with Gasteiger partial charge in [-0.1, -0.05) is 0 Å². The fraction of sp³-hybridized carbons (Fsp3) is 0.444. The lowest BCUT2D eigenvalue weighted by Crippen LogP contribution is -2.22. The zero-order chi connectivity index (χ0) is 11.5. The summed E-state index contributed by atoms with van der Waals surface area (Å²) >= 11 is 0. The highest BCUT2D eigenvalue weighted by Gasteiger charge is 2.24. The Morgan fingerprint density at radius 2 is 2.38 bits per heavy atom. The molecule has 1 aliphatic heterocycles. The van der Waals surface area contributed by atoms with Gasteiger partial charge in [0.2, 0.25) is 11.7 Å². The summed E-state index contributed by atoms with van der Waals surface area (Å²) < 4.78 is 9.85. The fourth-order valence-corrected chi connectivity index (χ4v) is 1.38. The van der Waals surface area contributed by atoms with Crippen LogP contribution in [0.5, 0.6) is 0 Å². The van der Waals surface area contributed by atoms with Crippen LogP contribution in [0, 0.1) is 5.92 Å². The highest BCUT2D eigenvalue weighted by molar-refractivity contribution is 5.91. The predicted molar refractivity (Wildman–Crippen MR) is 51.0 cm³/mol. The second kappa shape index (κ2) is 4.31. The van der Waals surface area contributed by atoms with Crippen LogP contribution in [-0.2, 0) is 9.53 Å². The van der Waals surface area contributed by atoms with Gasteiger partial charge >= 0.3 is 12.0 Å². The number of nitrogens with one attached hydrogen (secondary N) is 1. The molecule has 16 heavy (non-hydrogen) atoms. The van der Waals surface area contributed by atoms with Crippen LogP contribution in [0.4, 0.5) is 6.01 Å². The molecule has 1 aliphatic rings. The van der Waals surface area contributed by atoms with E-state index in [0.717, 1.165) is 6.20 Å². The van der Waals surface area contributed by atoms with Crippen molar-refractivity contribution in [1.29, 1.82) is 0 Å². The molecule has 7 nitrogen and oxygen atoms in total. The highest BCUT2D eigenvalue weighted by Crippen LogP contribution is 2.15. The number of anilines is 1. The molecule has 0 radical (unpaired) electrons. The van der Waals surface area contributed by atoms with Gasteiger partial charge in [-0.2, -0.15) is 0 Å². The molecule has 0 aromatic carbocycles. The monoisotopic (exact) mass is 226 g/mol. The van der Waals surface area contributed by atoms with Gasteiger partial charge in [-0.15, -0.1) is 0 Å². The Hall–Kier alpha value is -1.89. The van der Waals surface area contributed by atoms with Gasteiger partial charge in [0.1, 0.15) is 0 Å². The van der Waals surface area contributed by atoms with Crippen molar-refractivity contribution in [1.82, 2.24) is 4.98 Å². The third kappa shape index (κ3) is 2.19. The van der Waals surface area contributed by atoms with Crippen molar-refractivity contribution in [2.45, 2.75) is 6.42 Å². The maximum Gasteiger partial charge on any atom is 0.373 e. The molecule has 1 fully saturated rings. The summed E-state index contributed by atoms with van der Waals surface area (Å²) in [4.78, 5) is 25.7. The molecular formula is C9H10N2O5. The van der Waals surface area contributed by atoms with Crippen molar-refractivity contribution in [3.05, 3.63) is 12.0 Å². The number of aromatic carboxylic acids is 1. The highest BCUT2D eigenvalue weighted by atomic mass is 16.5. The Labute approximate surface area is 90.4 Å². The van der Waals surface area contributed by atoms with Gasteiger partial charge in [0.05, 0.1) is 18.7 Å². The first kappa shape index (κ1) is 10.6. The molecule has 1 saturated heterocycles. The van der Waals surface area contributed by atoms with Crippen molar-refractivity contribution < 1.29 is 23.8 Å². The normalized spacial score (nSPS) is 19.6. The van der Waals surface area contributed by atoms with Crippen molar-refractivity contribution >= 4 is 17.9 Å². The molecule has 2 heterocycles. The van der Waals surface area contributed by atoms with Crippen LogP contribution in [0.2, 0.25) is 0 Å². The number of aromatic nitrogens is 1. The van der Waals surface area contributed by atoms with E-state index in [0.29, 0.717) is 19.6 Å². The topological polar surface area (TPSA) is 102 Å². The Morgan fingerprint density at radius 1 is 1.56 bits per heavy atom. The van der Waals surface area contributed by atoms with Crippen molar-refractivity contribution in [3.63, 3.8) is 0 Å². The largest absolute Gasteiger partial charge is 0.475 e. The minimum atomic E-state index is -1.22. The van der Waals surface area contributed by atoms with Crippen LogP contribution >= 0.6 is 0 Å². The van der Waals surface area contributed by atoms with Gasteiger partial charge in [0.15, 0.2) is 0 Å². The number of hydrogen-bond donors (Lipinski definition) is 2. The van der Waals surface area contributed by atoms with Crippen LogP contribution in [-0.4, -0.2) is 35.2 Å². The number of ether oxygens (including phenoxy) is 1. The van der Waals surface area contributed by atoms with Gasteiger partial charge < -0.3 is 14.3 Å². The minimum Gasteiger partial charge on any atom is -0.475 e. The van der Waals surface area contributed by atoms with Crippen LogP contribution in [0.1, 0.15) is 17.0 Å². The summed E-state index contributed by atoms with van der Waals surface area (Å²) in [6.45, 7) is 0.933. The summed E-state index contributed by atoms with van der Waals surface area (Å²) in [6.07, 6.45) is 1.70. The second-order valence-corrected chi connectivity index (χ2v) is 3.38. The lowest BCUT2D eigenvalue weighted by molar-refractivity contribution is -0.119. The van der Waals surface area contributed by atoms with Gasteiger partial charge in [0.25, 0.3) is 0 Å². The third-order valence-corrected chi connectivity index (χ3v) is 2.25. The Kier molecular flexibility index (Phi) is 2.86. The molecule has 86 valence electrons. The maximum atomic E-state index is 11.6. The van der Waals surface area contributed by atoms with Crippen molar-refractivity contribution in [2.24, 2.45) is 5.92 Å². The van der Waals surface area contributed by atoms with E-state index in [4.69, 9.17) is 14.3 Å². The molecule has 0 bridgehead atoms. The van der Waals surface area contributed by atoms with E-state index in [1.807, 2.05) is 0 Å². The maximum absolute atomic E-state index is 11.6. The Balaban J connectivity index is 1.97. The van der Waals surface area contributed by atoms with Crippen molar-refractivity contribution in [2.75, 3.05) is 18.5 Å². The molecule has 1 atom stereocenters. The number of carboxylic acid groups (broad SMARTS) is 1. The van der Waals surface area contributed by atoms with E-state index in [9.17, 15) is 9.59 Å². The first-order valence-electron chi connectivity index (χ1n) is 4.74. The Bertz CT molecular complexity index is 408. The number of amides is 1. The molecular weight excluding hydrogens is 216 g/mol. The molecule has 1 unspecified atom stereocenters. The molecule has 7 heteroatoms. The first-order valence-corrected chi connectivity index (χ1v) is 4.74. The summed E-state index contributed by atoms with van der Waals surface area (Å²) in [5.74, 6) is -2.02. The third-order valence-electron chi connectivity index (χ3n) is 2.25. The van der Waals surface area contributed by atoms with E-state index < -0.39 is 5.97 Å². The van der Waals surface area contributed by atoms with E-state index in [-0.39, 0.29) is 23.6 Å². The second-order valence-electron chi connectivity index (χ2n) is 3.38. The van der Waals surface area contributed by atoms with Gasteiger partial charge in [-0.3, -0.25) is 10.1 Å². The SMILES string of the molecule is O=C(O)c1cnc(NC(=O)C2CCOC2)o1. The Morgan fingerprint density at radius 3 is 2.94 bits per heavy atom. The van der Waals surface area contributed by atoms with Gasteiger partial charge in [-0.05, 0) is 6.42 Å². The van der Waals surface area contributed by atoms with Crippen LogP contribution in [0.25, 0.3) is 0 Å². The average Bonchev–Trinajstić information content (AvgIpc) is 2.87. The molecule has 2 N–H and O–H groups in total. The lowest BCUT2D eigenvalue weighted by Gasteiger charge is -2.05. The number of rotatable bonds is 3. The summed E-state index contributed by atoms with van der Waals surface area (Å²) in [6, 6.07) is -0.102. The van der Waals surface area contributed by atoms with Crippen LogP contribution in [0.15, 0.2) is 10.6 Å². The average molecular weight is 226 g/mol. The summed E-state index contributed by atoms with van der Waals surface area (Å²) in [5, 5.41) is 11.0. The number of nitrogens with zero attached hydrogens (tertiary/aromatic N) is 1. The minimum absolute atomic E-state index is 0.102. The van der Waals surface area contributed by atoms with Gasteiger partial charge in [-0.25, -0.2) is 9.78 Å². The smallest absolute Gasteiger partial charge is 0.373 e. The summed E-state index contributed by atoms with van der Waals surface area (Å²) in [7, 11) is 0. The summed E-state index contributed by atoms with van der Waals surface area (Å²) in [5.41, 5.74) is 0. The molecule has 1 amide bonds. The van der Waals surface area contributed by atoms with Crippen LogP contribution < -0.4 is 5.32 Å². The molecule has 1 aromatic rings. The van der Waals surface area contributed by atoms with E-state index >= 15 is 0 Å². The number of oxazole rings is 1. The van der Waals surface area contributed by atoms with E-state index in [2.05, 4.69) is 10.3 Å². The molecule has 0 aliphatic carbocycles. The molecule has 0 spiro atoms. The number of carboxylic acids is 1. The van der Waals surface area contributed by atoms with E-state index in [1.54, 1.807) is 0 Å². The predicted octanol–water partition coefficient (Wildman–Crippen LogP) is 0.348. The number of carbonyl (C=O) groups excluding carboxylic acids is 1. The van der Waals surface area contributed by atoms with Gasteiger partial charge in [0, 0.05) is 6.61 Å². The molecule has 0 saturated carbocycles. The zero-order valence-electron chi connectivity index (χ0n) is 8.30. The van der Waals surface area contributed by atoms with Crippen LogP contribution in [0.3, 0.4) is 0 Å². The standard InChI is InChI=1S/C9H10N2O5/c12-7(5-1-2-15-4-5)11-9-10-3-6(16-9)8(13)14/h3,5H,1-2,4H2,(H,13,14)(H,10,11,12).